The zero-order chi connectivity index (χ0) is 30.4. The largest absolute Gasteiger partial charge is 0.248 e. The fraction of sp³-hybridized carbons (Fsp3) is 0.0465. The second-order valence-electron chi connectivity index (χ2n) is 12.4. The maximum atomic E-state index is 5.23. The van der Waals surface area contributed by atoms with E-state index in [2.05, 4.69) is 177 Å². The summed E-state index contributed by atoms with van der Waals surface area (Å²) in [7, 11) is -1.72. The molecule has 0 aliphatic carbocycles. The van der Waals surface area contributed by atoms with E-state index in [9.17, 15) is 0 Å². The van der Waals surface area contributed by atoms with Gasteiger partial charge in [-0.2, -0.15) is 0 Å². The highest BCUT2D eigenvalue weighted by Gasteiger charge is 2.38. The van der Waals surface area contributed by atoms with Gasteiger partial charge >= 0.3 is 0 Å². The van der Waals surface area contributed by atoms with Gasteiger partial charge in [0.2, 0.25) is 0 Å². The molecule has 2 heterocycles. The quantitative estimate of drug-likeness (QED) is 0.182. The van der Waals surface area contributed by atoms with Crippen molar-refractivity contribution in [3.8, 4) is 67.0 Å². The lowest BCUT2D eigenvalue weighted by atomic mass is 9.91. The normalized spacial score (nSPS) is 12.8. The molecule has 7 aromatic rings. The topological polar surface area (TPSA) is 12.9 Å². The maximum Gasteiger partial charge on any atom is 0.113 e. The summed E-state index contributed by atoms with van der Waals surface area (Å²) in [6.07, 6.45) is 0. The van der Waals surface area contributed by atoms with E-state index in [1.54, 1.807) is 0 Å². The first kappa shape index (κ1) is 27.3. The first-order chi connectivity index (χ1) is 22.1. The van der Waals surface area contributed by atoms with Crippen LogP contribution in [-0.2, 0) is 0 Å². The van der Waals surface area contributed by atoms with Gasteiger partial charge in [-0.25, -0.2) is 4.98 Å². The smallest absolute Gasteiger partial charge is 0.113 e. The molecule has 0 amide bonds. The SMILES string of the molecule is C[Si]1(C)c2ccccc2-c2c(-c3ccc(-c4ccccc4-c4cc(-c5ccccc5)cc(-c5ccccc5)n4)cc3)cccc21. The van der Waals surface area contributed by atoms with Crippen LogP contribution in [0.5, 0.6) is 0 Å². The van der Waals surface area contributed by atoms with Crippen LogP contribution < -0.4 is 10.4 Å². The molecule has 0 saturated heterocycles. The zero-order valence-corrected chi connectivity index (χ0v) is 26.5. The summed E-state index contributed by atoms with van der Waals surface area (Å²) >= 11 is 0. The molecular weight excluding hydrogens is 559 g/mol. The number of hydrogen-bond donors (Lipinski definition) is 0. The van der Waals surface area contributed by atoms with Crippen molar-refractivity contribution in [1.82, 2.24) is 4.98 Å². The number of fused-ring (bicyclic) bond motifs is 3. The minimum Gasteiger partial charge on any atom is -0.248 e. The molecule has 0 spiro atoms. The number of rotatable bonds is 5. The van der Waals surface area contributed by atoms with Gasteiger partial charge in [0.1, 0.15) is 8.07 Å². The predicted octanol–water partition coefficient (Wildman–Crippen LogP) is 10.2. The standard InChI is InChI=1S/C43H33NSi/c1-45(2)41-22-12-11-20-38(41)43-36(21-13-23-42(43)45)32-26-24-31(25-27-32)35-18-9-10-19-37(35)40-29-34(30-14-5-3-6-15-30)28-39(44-40)33-16-7-4-8-17-33/h3-29H,1-2H3. The number of hydrogen-bond acceptors (Lipinski definition) is 1. The van der Waals surface area contributed by atoms with Crippen molar-refractivity contribution in [3.63, 3.8) is 0 Å². The molecule has 45 heavy (non-hydrogen) atoms. The van der Waals surface area contributed by atoms with E-state index in [4.69, 9.17) is 4.98 Å². The number of aromatic nitrogens is 1. The van der Waals surface area contributed by atoms with E-state index in [-0.39, 0.29) is 0 Å². The Labute approximate surface area is 266 Å². The first-order valence-corrected chi connectivity index (χ1v) is 18.6. The van der Waals surface area contributed by atoms with Gasteiger partial charge in [-0.05, 0) is 67.0 Å². The van der Waals surface area contributed by atoms with Gasteiger partial charge in [-0.15, -0.1) is 0 Å². The Balaban J connectivity index is 1.23. The van der Waals surface area contributed by atoms with Crippen LogP contribution in [0.3, 0.4) is 0 Å². The molecule has 1 aliphatic heterocycles. The Bertz CT molecular complexity index is 2110. The van der Waals surface area contributed by atoms with Crippen LogP contribution in [0.25, 0.3) is 67.0 Å². The highest BCUT2D eigenvalue weighted by molar-refractivity contribution is 7.04. The van der Waals surface area contributed by atoms with Crippen LogP contribution in [-0.4, -0.2) is 13.1 Å². The van der Waals surface area contributed by atoms with Crippen molar-refractivity contribution < 1.29 is 0 Å². The molecular formula is C43H33NSi. The van der Waals surface area contributed by atoms with E-state index in [1.807, 2.05) is 0 Å². The van der Waals surface area contributed by atoms with Crippen molar-refractivity contribution in [3.05, 3.63) is 164 Å². The van der Waals surface area contributed by atoms with Gasteiger partial charge in [0.25, 0.3) is 0 Å². The Morgan fingerprint density at radius 1 is 0.356 bits per heavy atom. The average Bonchev–Trinajstić information content (AvgIpc) is 3.35. The summed E-state index contributed by atoms with van der Waals surface area (Å²) in [6.45, 7) is 4.96. The van der Waals surface area contributed by atoms with E-state index in [0.717, 1.165) is 28.1 Å². The maximum absolute atomic E-state index is 5.23. The Morgan fingerprint density at radius 2 is 0.867 bits per heavy atom. The van der Waals surface area contributed by atoms with E-state index in [0.29, 0.717) is 0 Å². The second-order valence-corrected chi connectivity index (χ2v) is 16.7. The van der Waals surface area contributed by atoms with Crippen molar-refractivity contribution >= 4 is 18.4 Å². The Morgan fingerprint density at radius 3 is 1.58 bits per heavy atom. The van der Waals surface area contributed by atoms with Gasteiger partial charge in [0.05, 0.1) is 11.4 Å². The minimum atomic E-state index is -1.72. The highest BCUT2D eigenvalue weighted by Crippen LogP contribution is 2.39. The summed E-state index contributed by atoms with van der Waals surface area (Å²) in [5.74, 6) is 0. The van der Waals surface area contributed by atoms with Gasteiger partial charge < -0.3 is 0 Å². The number of pyridine rings is 1. The van der Waals surface area contributed by atoms with Gasteiger partial charge in [0, 0.05) is 11.1 Å². The summed E-state index contributed by atoms with van der Waals surface area (Å²) in [5, 5.41) is 3.08. The van der Waals surface area contributed by atoms with E-state index in [1.165, 1.54) is 49.3 Å². The zero-order valence-electron chi connectivity index (χ0n) is 25.5. The van der Waals surface area contributed by atoms with Crippen molar-refractivity contribution in [2.75, 3.05) is 0 Å². The summed E-state index contributed by atoms with van der Waals surface area (Å²) in [4.78, 5) is 5.23. The van der Waals surface area contributed by atoms with Crippen LogP contribution in [0.1, 0.15) is 0 Å². The van der Waals surface area contributed by atoms with Crippen LogP contribution in [0, 0.1) is 0 Å². The first-order valence-electron chi connectivity index (χ1n) is 15.6. The average molecular weight is 592 g/mol. The van der Waals surface area contributed by atoms with Crippen LogP contribution in [0.15, 0.2) is 164 Å². The lowest BCUT2D eigenvalue weighted by molar-refractivity contribution is 1.32. The molecule has 1 aliphatic rings. The molecule has 0 fully saturated rings. The molecule has 6 aromatic carbocycles. The summed E-state index contributed by atoms with van der Waals surface area (Å²) in [6, 6.07) is 59.2. The van der Waals surface area contributed by atoms with Gasteiger partial charge in [-0.3, -0.25) is 0 Å². The van der Waals surface area contributed by atoms with Crippen LogP contribution >= 0.6 is 0 Å². The van der Waals surface area contributed by atoms with Crippen LogP contribution in [0.4, 0.5) is 0 Å². The molecule has 2 heteroatoms. The lowest BCUT2D eigenvalue weighted by Gasteiger charge is -2.19. The monoisotopic (exact) mass is 591 g/mol. The van der Waals surface area contributed by atoms with E-state index < -0.39 is 8.07 Å². The second kappa shape index (κ2) is 11.0. The highest BCUT2D eigenvalue weighted by atomic mass is 28.3. The third-order valence-electron chi connectivity index (χ3n) is 9.32. The Hall–Kier alpha value is -5.31. The summed E-state index contributed by atoms with van der Waals surface area (Å²) < 4.78 is 0. The minimum absolute atomic E-state index is 0.972. The number of benzene rings is 6. The van der Waals surface area contributed by atoms with Crippen molar-refractivity contribution in [2.45, 2.75) is 13.1 Å². The molecule has 1 aromatic heterocycles. The third kappa shape index (κ3) is 4.75. The Kier molecular flexibility index (Phi) is 6.66. The lowest BCUT2D eigenvalue weighted by Crippen LogP contribution is -2.49. The van der Waals surface area contributed by atoms with Gasteiger partial charge in [0.15, 0.2) is 0 Å². The molecule has 0 saturated carbocycles. The van der Waals surface area contributed by atoms with Crippen LogP contribution in [0.2, 0.25) is 13.1 Å². The molecule has 0 bridgehead atoms. The molecule has 0 radical (unpaired) electrons. The molecule has 8 rings (SSSR count). The fourth-order valence-corrected chi connectivity index (χ4v) is 10.1. The molecule has 0 atom stereocenters. The third-order valence-corrected chi connectivity index (χ3v) is 12.9. The molecule has 1 nitrogen and oxygen atoms in total. The predicted molar refractivity (Wildman–Crippen MR) is 194 cm³/mol. The fourth-order valence-electron chi connectivity index (χ4n) is 7.01. The molecule has 0 unspecified atom stereocenters. The van der Waals surface area contributed by atoms with E-state index >= 15 is 0 Å². The van der Waals surface area contributed by atoms with Crippen molar-refractivity contribution in [1.29, 1.82) is 0 Å². The number of nitrogens with zero attached hydrogens (tertiary/aromatic N) is 1. The summed E-state index contributed by atoms with van der Waals surface area (Å²) in [5.41, 5.74) is 14.3. The molecule has 0 N–H and O–H groups in total. The van der Waals surface area contributed by atoms with Crippen molar-refractivity contribution in [2.24, 2.45) is 0 Å². The van der Waals surface area contributed by atoms with Gasteiger partial charge in [-0.1, -0.05) is 165 Å². The molecule has 214 valence electrons.